The summed E-state index contributed by atoms with van der Waals surface area (Å²) in [5.74, 6) is -2.43. The van der Waals surface area contributed by atoms with Crippen LogP contribution in [0.1, 0.15) is 75.2 Å². The standard InChI is InChI=1S/C31H36Cl2F5N7O3/c1-30(2,3)48-29(47)39-14-15-12-20(35)23(33)24(22(15)32)42-28-41-21-13-19(26(43-25(21)44-28)45-10-8-17(34)9-11-45)27(46)40-18-6-4-16(5-7-18)31(36,37)38/h12-13,16-18H,4-11,14H2,1-3H3,(H,39,47)(H,40,46)(H2,41,42,43,44)/t16-,18-. The number of aromatic amines is 1. The van der Waals surface area contributed by atoms with Gasteiger partial charge in [-0.25, -0.2) is 23.5 Å². The Morgan fingerprint density at radius 2 is 1.69 bits per heavy atom. The lowest BCUT2D eigenvalue weighted by Gasteiger charge is -2.32. The van der Waals surface area contributed by atoms with Crippen molar-refractivity contribution >= 4 is 63.8 Å². The third-order valence-electron chi connectivity index (χ3n) is 8.24. The Bertz CT molecular complexity index is 1660. The summed E-state index contributed by atoms with van der Waals surface area (Å²) < 4.78 is 73.6. The number of nitrogens with zero attached hydrogens (tertiary/aromatic N) is 3. The number of hydrogen-bond acceptors (Lipinski definition) is 7. The van der Waals surface area contributed by atoms with Gasteiger partial charge in [0.05, 0.1) is 22.2 Å². The highest BCUT2D eigenvalue weighted by Crippen LogP contribution is 2.39. The summed E-state index contributed by atoms with van der Waals surface area (Å²) in [6.45, 7) is 5.51. The molecule has 10 nitrogen and oxygen atoms in total. The zero-order valence-electron chi connectivity index (χ0n) is 26.5. The number of H-pyrrole nitrogens is 1. The van der Waals surface area contributed by atoms with Crippen molar-refractivity contribution in [1.82, 2.24) is 25.6 Å². The molecule has 3 heterocycles. The van der Waals surface area contributed by atoms with Gasteiger partial charge in [-0.2, -0.15) is 13.2 Å². The van der Waals surface area contributed by atoms with Crippen molar-refractivity contribution < 1.29 is 36.3 Å². The van der Waals surface area contributed by atoms with Crippen molar-refractivity contribution in [1.29, 1.82) is 0 Å². The molecule has 0 bridgehead atoms. The predicted octanol–water partition coefficient (Wildman–Crippen LogP) is 7.96. The number of carbonyl (C=O) groups is 2. The van der Waals surface area contributed by atoms with E-state index >= 15 is 0 Å². The highest BCUT2D eigenvalue weighted by molar-refractivity contribution is 6.39. The number of benzene rings is 1. The van der Waals surface area contributed by atoms with Crippen molar-refractivity contribution in [3.8, 4) is 0 Å². The van der Waals surface area contributed by atoms with Crippen molar-refractivity contribution in [3.63, 3.8) is 0 Å². The van der Waals surface area contributed by atoms with Gasteiger partial charge in [-0.3, -0.25) is 4.79 Å². The van der Waals surface area contributed by atoms with Gasteiger partial charge < -0.3 is 30.6 Å². The van der Waals surface area contributed by atoms with Gasteiger partial charge in [-0.1, -0.05) is 23.2 Å². The molecule has 0 unspecified atom stereocenters. The number of carbonyl (C=O) groups excluding carboxylic acids is 2. The number of aromatic nitrogens is 3. The zero-order chi connectivity index (χ0) is 35.0. The first kappa shape index (κ1) is 35.7. The number of hydrogen-bond donors (Lipinski definition) is 4. The summed E-state index contributed by atoms with van der Waals surface area (Å²) in [7, 11) is 0. The molecule has 2 aromatic heterocycles. The van der Waals surface area contributed by atoms with Gasteiger partial charge in [-0.15, -0.1) is 0 Å². The summed E-state index contributed by atoms with van der Waals surface area (Å²) in [4.78, 5) is 39.5. The zero-order valence-corrected chi connectivity index (χ0v) is 28.0. The Morgan fingerprint density at radius 1 is 1.02 bits per heavy atom. The Labute approximate surface area is 283 Å². The molecule has 1 saturated heterocycles. The van der Waals surface area contributed by atoms with E-state index in [1.54, 1.807) is 25.7 Å². The quantitative estimate of drug-likeness (QED) is 0.144. The first-order chi connectivity index (χ1) is 22.5. The smallest absolute Gasteiger partial charge is 0.407 e. The SMILES string of the molecule is CC(C)(C)OC(=O)NCc1cc(F)c(Cl)c(Nc2nc3cc(C(=O)N[C@H]4CC[C@H](C(F)(F)F)CC4)c(N4CCC(F)CC4)nc3[nH]2)c1Cl. The summed E-state index contributed by atoms with van der Waals surface area (Å²) in [5, 5.41) is 7.89. The fourth-order valence-electron chi connectivity index (χ4n) is 5.78. The van der Waals surface area contributed by atoms with Gasteiger partial charge in [0.2, 0.25) is 5.95 Å². The molecule has 0 radical (unpaired) electrons. The lowest BCUT2D eigenvalue weighted by Crippen LogP contribution is -2.41. The summed E-state index contributed by atoms with van der Waals surface area (Å²) in [5.41, 5.74) is 0.0177. The van der Waals surface area contributed by atoms with Crippen LogP contribution in [0.5, 0.6) is 0 Å². The Morgan fingerprint density at radius 3 is 2.31 bits per heavy atom. The first-order valence-corrected chi connectivity index (χ1v) is 16.3. The van der Waals surface area contributed by atoms with E-state index in [4.69, 9.17) is 27.9 Å². The predicted molar refractivity (Wildman–Crippen MR) is 172 cm³/mol. The van der Waals surface area contributed by atoms with E-state index < -0.39 is 47.7 Å². The van der Waals surface area contributed by atoms with Crippen LogP contribution in [0, 0.1) is 11.7 Å². The lowest BCUT2D eigenvalue weighted by atomic mass is 9.85. The van der Waals surface area contributed by atoms with Crippen LogP contribution in [0.3, 0.4) is 0 Å². The number of alkyl carbamates (subject to hydrolysis) is 1. The van der Waals surface area contributed by atoms with E-state index in [2.05, 4.69) is 30.9 Å². The van der Waals surface area contributed by atoms with Crippen LogP contribution in [0.2, 0.25) is 10.0 Å². The molecule has 1 aliphatic heterocycles. The maximum Gasteiger partial charge on any atom is 0.407 e. The Balaban J connectivity index is 1.40. The van der Waals surface area contributed by atoms with Crippen LogP contribution >= 0.6 is 23.2 Å². The average Bonchev–Trinajstić information content (AvgIpc) is 3.40. The lowest BCUT2D eigenvalue weighted by molar-refractivity contribution is -0.182. The summed E-state index contributed by atoms with van der Waals surface area (Å²) >= 11 is 12.8. The van der Waals surface area contributed by atoms with Gasteiger partial charge in [0.15, 0.2) is 5.65 Å². The first-order valence-electron chi connectivity index (χ1n) is 15.6. The fraction of sp³-hybridized carbons (Fsp3) is 0.548. The fourth-order valence-corrected chi connectivity index (χ4v) is 6.29. The minimum Gasteiger partial charge on any atom is -0.444 e. The number of ether oxygens (including phenoxy) is 1. The molecule has 1 aliphatic carbocycles. The number of halogens is 7. The van der Waals surface area contributed by atoms with E-state index in [1.165, 1.54) is 6.07 Å². The van der Waals surface area contributed by atoms with E-state index in [0.717, 1.165) is 6.07 Å². The largest absolute Gasteiger partial charge is 0.444 e. The second-order valence-corrected chi connectivity index (χ2v) is 13.8. The van der Waals surface area contributed by atoms with Gasteiger partial charge in [0.25, 0.3) is 5.91 Å². The third kappa shape index (κ3) is 8.52. The number of fused-ring (bicyclic) bond motifs is 1. The number of anilines is 3. The van der Waals surface area contributed by atoms with Gasteiger partial charge in [-0.05, 0) is 77.0 Å². The maximum atomic E-state index is 14.9. The van der Waals surface area contributed by atoms with Crippen molar-refractivity contribution in [3.05, 3.63) is 39.1 Å². The third-order valence-corrected chi connectivity index (χ3v) is 9.04. The molecule has 2 amide bonds. The molecule has 2 aliphatic rings. The minimum absolute atomic E-state index is 0.000896. The molecule has 1 saturated carbocycles. The van der Waals surface area contributed by atoms with Gasteiger partial charge in [0.1, 0.15) is 33.9 Å². The molecule has 0 spiro atoms. The molecule has 0 atom stereocenters. The Hall–Kier alpha value is -3.59. The van der Waals surface area contributed by atoms with E-state index in [0.29, 0.717) is 13.1 Å². The van der Waals surface area contributed by atoms with E-state index in [9.17, 15) is 31.5 Å². The molecule has 5 rings (SSSR count). The number of alkyl halides is 4. The van der Waals surface area contributed by atoms with Crippen LogP contribution in [0.15, 0.2) is 12.1 Å². The van der Waals surface area contributed by atoms with Crippen LogP contribution in [-0.2, 0) is 11.3 Å². The van der Waals surface area contributed by atoms with Crippen molar-refractivity contribution in [2.75, 3.05) is 23.3 Å². The Kier molecular flexibility index (Phi) is 10.5. The summed E-state index contributed by atoms with van der Waals surface area (Å²) in [6, 6.07) is 2.12. The summed E-state index contributed by atoms with van der Waals surface area (Å²) in [6.07, 6.45) is -5.33. The normalized spacial score (nSPS) is 19.3. The number of piperidine rings is 1. The molecule has 17 heteroatoms. The molecule has 4 N–H and O–H groups in total. The monoisotopic (exact) mass is 719 g/mol. The average molecular weight is 721 g/mol. The van der Waals surface area contributed by atoms with Crippen LogP contribution < -0.4 is 20.9 Å². The molecule has 1 aromatic carbocycles. The molecule has 262 valence electrons. The highest BCUT2D eigenvalue weighted by Gasteiger charge is 2.41. The van der Waals surface area contributed by atoms with Gasteiger partial charge >= 0.3 is 12.3 Å². The topological polar surface area (TPSA) is 124 Å². The number of pyridine rings is 1. The molecule has 48 heavy (non-hydrogen) atoms. The number of amides is 2. The highest BCUT2D eigenvalue weighted by atomic mass is 35.5. The van der Waals surface area contributed by atoms with Crippen molar-refractivity contribution in [2.45, 2.75) is 89.8 Å². The van der Waals surface area contributed by atoms with Crippen molar-refractivity contribution in [2.24, 2.45) is 5.92 Å². The maximum absolute atomic E-state index is 14.9. The van der Waals surface area contributed by atoms with Crippen LogP contribution in [-0.4, -0.2) is 64.0 Å². The van der Waals surface area contributed by atoms with Crippen LogP contribution in [0.4, 0.5) is 44.2 Å². The van der Waals surface area contributed by atoms with Crippen LogP contribution in [0.25, 0.3) is 11.2 Å². The van der Waals surface area contributed by atoms with Gasteiger partial charge in [0, 0.05) is 25.7 Å². The molecule has 2 fully saturated rings. The van der Waals surface area contributed by atoms with E-state index in [1.807, 2.05) is 0 Å². The molecular formula is C31H36Cl2F5N7O3. The second-order valence-electron chi connectivity index (χ2n) is 13.0. The second kappa shape index (κ2) is 14.1. The number of imidazole rings is 1. The number of nitrogens with one attached hydrogen (secondary N) is 4. The number of rotatable bonds is 7. The minimum atomic E-state index is -4.27. The van der Waals surface area contributed by atoms with E-state index in [-0.39, 0.29) is 94.9 Å². The molecular weight excluding hydrogens is 684 g/mol. The molecule has 3 aromatic rings.